The van der Waals surface area contributed by atoms with E-state index in [2.05, 4.69) is 49.9 Å². The Balaban J connectivity index is 2.51. The molecule has 1 heterocycles. The fourth-order valence-corrected chi connectivity index (χ4v) is 2.99. The molecule has 120 valence electrons. The average molecular weight is 291 g/mol. The Morgan fingerprint density at radius 2 is 1.33 bits per heavy atom. The van der Waals surface area contributed by atoms with E-state index in [0.29, 0.717) is 0 Å². The maximum atomic E-state index is 2.37. The van der Waals surface area contributed by atoms with Crippen LogP contribution < -0.4 is 4.57 Å². The highest BCUT2D eigenvalue weighted by molar-refractivity contribution is 5.13. The van der Waals surface area contributed by atoms with Gasteiger partial charge in [-0.2, -0.15) is 0 Å². The molecule has 0 saturated carbocycles. The number of hydrogen-bond donors (Lipinski definition) is 0. The van der Waals surface area contributed by atoms with E-state index >= 15 is 0 Å². The fraction of sp³-hybridized carbons (Fsp3) is 0.750. The number of pyridine rings is 1. The topological polar surface area (TPSA) is 3.88 Å². The lowest BCUT2D eigenvalue weighted by atomic mass is 9.89. The van der Waals surface area contributed by atoms with Crippen LogP contribution in [0.3, 0.4) is 0 Å². The van der Waals surface area contributed by atoms with E-state index in [4.69, 9.17) is 0 Å². The Hall–Kier alpha value is -0.850. The molecular weight excluding hydrogens is 254 g/mol. The molecule has 0 atom stereocenters. The molecule has 0 bridgehead atoms. The molecule has 0 unspecified atom stereocenters. The van der Waals surface area contributed by atoms with Crippen molar-refractivity contribution < 1.29 is 4.57 Å². The van der Waals surface area contributed by atoms with Crippen LogP contribution in [0.25, 0.3) is 0 Å². The molecule has 0 aliphatic rings. The molecule has 0 spiro atoms. The van der Waals surface area contributed by atoms with Crippen molar-refractivity contribution >= 4 is 0 Å². The van der Waals surface area contributed by atoms with Crippen LogP contribution in [-0.2, 0) is 6.54 Å². The van der Waals surface area contributed by atoms with E-state index in [0.717, 1.165) is 5.92 Å². The first-order chi connectivity index (χ1) is 10.3. The molecule has 1 heteroatoms. The fourth-order valence-electron chi connectivity index (χ4n) is 2.99. The largest absolute Gasteiger partial charge is 0.205 e. The van der Waals surface area contributed by atoms with Gasteiger partial charge in [-0.1, -0.05) is 59.3 Å². The van der Waals surface area contributed by atoms with E-state index in [1.165, 1.54) is 70.8 Å². The molecule has 1 aromatic heterocycles. The predicted octanol–water partition coefficient (Wildman–Crippen LogP) is 6.02. The number of rotatable bonds is 12. The standard InChI is InChI=1S/C20H36N/c1-4-7-10-11-16-21-17-14-20(15-18-21)19(12-8-5-2)13-9-6-3/h14-15,17-19H,4-13,16H2,1-3H3/q+1. The average Bonchev–Trinajstić information content (AvgIpc) is 2.53. The third kappa shape index (κ3) is 7.64. The van der Waals surface area contributed by atoms with Gasteiger partial charge in [-0.05, 0) is 30.7 Å². The highest BCUT2D eigenvalue weighted by Crippen LogP contribution is 2.26. The zero-order valence-electron chi connectivity index (χ0n) is 14.6. The molecule has 0 aliphatic carbocycles. The number of unbranched alkanes of at least 4 members (excludes halogenated alkanes) is 5. The number of hydrogen-bond acceptors (Lipinski definition) is 0. The zero-order valence-corrected chi connectivity index (χ0v) is 14.6. The van der Waals surface area contributed by atoms with Crippen molar-refractivity contribution in [2.75, 3.05) is 0 Å². The minimum absolute atomic E-state index is 0.777. The Kier molecular flexibility index (Phi) is 10.2. The second-order valence-electron chi connectivity index (χ2n) is 6.41. The summed E-state index contributed by atoms with van der Waals surface area (Å²) in [4.78, 5) is 0. The normalized spacial score (nSPS) is 11.2. The van der Waals surface area contributed by atoms with Gasteiger partial charge in [-0.15, -0.1) is 0 Å². The van der Waals surface area contributed by atoms with Gasteiger partial charge < -0.3 is 0 Å². The molecule has 0 aromatic carbocycles. The summed E-state index contributed by atoms with van der Waals surface area (Å²) in [5.41, 5.74) is 1.56. The number of aromatic nitrogens is 1. The molecule has 21 heavy (non-hydrogen) atoms. The van der Waals surface area contributed by atoms with E-state index in [1.54, 1.807) is 5.56 Å². The molecule has 1 rings (SSSR count). The molecule has 1 nitrogen and oxygen atoms in total. The summed E-state index contributed by atoms with van der Waals surface area (Å²) >= 11 is 0. The van der Waals surface area contributed by atoms with Crippen LogP contribution >= 0.6 is 0 Å². The van der Waals surface area contributed by atoms with Crippen molar-refractivity contribution in [3.63, 3.8) is 0 Å². The summed E-state index contributed by atoms with van der Waals surface area (Å²) in [6.45, 7) is 8.04. The van der Waals surface area contributed by atoms with Crippen LogP contribution in [-0.4, -0.2) is 0 Å². The lowest BCUT2D eigenvalue weighted by Gasteiger charge is -2.16. The van der Waals surface area contributed by atoms with Gasteiger partial charge in [0, 0.05) is 18.6 Å². The van der Waals surface area contributed by atoms with Crippen LogP contribution in [0.1, 0.15) is 96.5 Å². The first-order valence-corrected chi connectivity index (χ1v) is 9.30. The molecule has 0 aliphatic heterocycles. The monoisotopic (exact) mass is 290 g/mol. The molecular formula is C20H36N+. The maximum Gasteiger partial charge on any atom is 0.169 e. The Morgan fingerprint density at radius 1 is 0.762 bits per heavy atom. The molecule has 0 radical (unpaired) electrons. The van der Waals surface area contributed by atoms with Crippen molar-refractivity contribution in [1.29, 1.82) is 0 Å². The first kappa shape index (κ1) is 18.2. The molecule has 0 amide bonds. The summed E-state index contributed by atoms with van der Waals surface area (Å²) in [7, 11) is 0. The summed E-state index contributed by atoms with van der Waals surface area (Å²) in [5.74, 6) is 0.777. The van der Waals surface area contributed by atoms with Crippen LogP contribution in [0.15, 0.2) is 24.5 Å². The van der Waals surface area contributed by atoms with Crippen molar-refractivity contribution in [2.45, 2.75) is 97.4 Å². The Morgan fingerprint density at radius 3 is 1.86 bits per heavy atom. The van der Waals surface area contributed by atoms with Crippen LogP contribution in [0.5, 0.6) is 0 Å². The van der Waals surface area contributed by atoms with Crippen LogP contribution in [0.4, 0.5) is 0 Å². The summed E-state index contributed by atoms with van der Waals surface area (Å²) < 4.78 is 2.36. The summed E-state index contributed by atoms with van der Waals surface area (Å²) in [5, 5.41) is 0. The zero-order chi connectivity index (χ0) is 15.3. The first-order valence-electron chi connectivity index (χ1n) is 9.30. The minimum atomic E-state index is 0.777. The Labute approximate surface area is 132 Å². The SMILES string of the molecule is CCCCCC[n+]1ccc(C(CCCC)CCCC)cc1. The smallest absolute Gasteiger partial charge is 0.169 e. The van der Waals surface area contributed by atoms with Gasteiger partial charge in [-0.25, -0.2) is 4.57 Å². The van der Waals surface area contributed by atoms with Crippen molar-refractivity contribution in [3.05, 3.63) is 30.1 Å². The molecule has 0 saturated heterocycles. The van der Waals surface area contributed by atoms with Gasteiger partial charge in [0.1, 0.15) is 6.54 Å². The van der Waals surface area contributed by atoms with Crippen molar-refractivity contribution in [2.24, 2.45) is 0 Å². The summed E-state index contributed by atoms with van der Waals surface area (Å²) in [6.07, 6.45) is 18.0. The highest BCUT2D eigenvalue weighted by Gasteiger charge is 2.12. The van der Waals surface area contributed by atoms with E-state index in [1.807, 2.05) is 0 Å². The summed E-state index contributed by atoms with van der Waals surface area (Å²) in [6, 6.07) is 4.74. The lowest BCUT2D eigenvalue weighted by molar-refractivity contribution is -0.697. The lowest BCUT2D eigenvalue weighted by Crippen LogP contribution is -2.32. The molecule has 0 fully saturated rings. The number of aryl methyl sites for hydroxylation is 1. The van der Waals surface area contributed by atoms with E-state index in [-0.39, 0.29) is 0 Å². The predicted molar refractivity (Wildman–Crippen MR) is 92.6 cm³/mol. The maximum absolute atomic E-state index is 2.37. The quantitative estimate of drug-likeness (QED) is 0.327. The van der Waals surface area contributed by atoms with Crippen LogP contribution in [0, 0.1) is 0 Å². The molecule has 1 aromatic rings. The van der Waals surface area contributed by atoms with Gasteiger partial charge in [0.05, 0.1) is 0 Å². The Bertz CT molecular complexity index is 333. The second kappa shape index (κ2) is 11.8. The highest BCUT2D eigenvalue weighted by atomic mass is 14.9. The van der Waals surface area contributed by atoms with Gasteiger partial charge >= 0.3 is 0 Å². The third-order valence-corrected chi connectivity index (χ3v) is 4.47. The third-order valence-electron chi connectivity index (χ3n) is 4.47. The van der Waals surface area contributed by atoms with Crippen LogP contribution in [0.2, 0.25) is 0 Å². The van der Waals surface area contributed by atoms with Gasteiger partial charge in [0.2, 0.25) is 0 Å². The van der Waals surface area contributed by atoms with Gasteiger partial charge in [0.15, 0.2) is 12.4 Å². The minimum Gasteiger partial charge on any atom is -0.205 e. The second-order valence-corrected chi connectivity index (χ2v) is 6.41. The van der Waals surface area contributed by atoms with Crippen molar-refractivity contribution in [1.82, 2.24) is 0 Å². The molecule has 0 N–H and O–H groups in total. The number of nitrogens with zero attached hydrogens (tertiary/aromatic N) is 1. The van der Waals surface area contributed by atoms with E-state index < -0.39 is 0 Å². The van der Waals surface area contributed by atoms with Crippen molar-refractivity contribution in [3.8, 4) is 0 Å². The van der Waals surface area contributed by atoms with Gasteiger partial charge in [-0.3, -0.25) is 0 Å². The van der Waals surface area contributed by atoms with E-state index in [9.17, 15) is 0 Å². The van der Waals surface area contributed by atoms with Gasteiger partial charge in [0.25, 0.3) is 0 Å².